The van der Waals surface area contributed by atoms with Crippen molar-refractivity contribution in [3.05, 3.63) is 47.4 Å². The second-order valence-electron chi connectivity index (χ2n) is 3.98. The van der Waals surface area contributed by atoms with E-state index in [-0.39, 0.29) is 5.83 Å². The number of halogens is 1. The molecule has 2 rings (SSSR count). The fraction of sp³-hybridized carbons (Fsp3) is 0.385. The van der Waals surface area contributed by atoms with Gasteiger partial charge in [-0.05, 0) is 48.5 Å². The molecule has 0 radical (unpaired) electrons. The maximum Gasteiger partial charge on any atom is 0.119 e. The zero-order chi connectivity index (χ0) is 9.97. The van der Waals surface area contributed by atoms with Gasteiger partial charge in [0.25, 0.3) is 0 Å². The minimum absolute atomic E-state index is 0.0751. The summed E-state index contributed by atoms with van der Waals surface area (Å²) >= 11 is 0. The first-order chi connectivity index (χ1) is 6.77. The van der Waals surface area contributed by atoms with Crippen LogP contribution in [0.15, 0.2) is 47.4 Å². The summed E-state index contributed by atoms with van der Waals surface area (Å²) in [6, 6.07) is 0. The van der Waals surface area contributed by atoms with Gasteiger partial charge in [-0.25, -0.2) is 4.39 Å². The molecular weight excluding hydrogens is 175 g/mol. The van der Waals surface area contributed by atoms with Crippen molar-refractivity contribution in [1.82, 2.24) is 0 Å². The van der Waals surface area contributed by atoms with E-state index in [2.05, 4.69) is 25.2 Å². The van der Waals surface area contributed by atoms with Gasteiger partial charge in [0.1, 0.15) is 5.83 Å². The summed E-state index contributed by atoms with van der Waals surface area (Å²) in [5.74, 6) is 0.464. The Morgan fingerprint density at radius 3 is 3.00 bits per heavy atom. The van der Waals surface area contributed by atoms with E-state index in [0.717, 1.165) is 19.3 Å². The van der Waals surface area contributed by atoms with Gasteiger partial charge >= 0.3 is 0 Å². The van der Waals surface area contributed by atoms with Crippen molar-refractivity contribution in [2.45, 2.75) is 26.2 Å². The van der Waals surface area contributed by atoms with Crippen molar-refractivity contribution in [3.63, 3.8) is 0 Å². The molecule has 0 saturated heterocycles. The number of rotatable bonds is 1. The lowest BCUT2D eigenvalue weighted by molar-refractivity contribution is 0.636. The van der Waals surface area contributed by atoms with Crippen molar-refractivity contribution >= 4 is 0 Å². The second kappa shape index (κ2) is 3.95. The monoisotopic (exact) mass is 190 g/mol. The molecule has 0 aromatic rings. The second-order valence-corrected chi connectivity index (χ2v) is 3.98. The van der Waals surface area contributed by atoms with Crippen LogP contribution >= 0.6 is 0 Å². The minimum Gasteiger partial charge on any atom is -0.207 e. The average molecular weight is 190 g/mol. The molecule has 1 heteroatoms. The van der Waals surface area contributed by atoms with Gasteiger partial charge in [-0.2, -0.15) is 0 Å². The Hall–Kier alpha value is -1.11. The molecule has 0 aliphatic heterocycles. The van der Waals surface area contributed by atoms with Crippen LogP contribution < -0.4 is 0 Å². The Morgan fingerprint density at radius 1 is 1.43 bits per heavy atom. The molecule has 1 unspecified atom stereocenters. The zero-order valence-electron chi connectivity index (χ0n) is 8.46. The largest absolute Gasteiger partial charge is 0.207 e. The Morgan fingerprint density at radius 2 is 2.29 bits per heavy atom. The van der Waals surface area contributed by atoms with Gasteiger partial charge in [0.2, 0.25) is 0 Å². The fourth-order valence-electron chi connectivity index (χ4n) is 2.06. The predicted octanol–water partition coefficient (Wildman–Crippen LogP) is 4.08. The van der Waals surface area contributed by atoms with Crippen LogP contribution in [0.5, 0.6) is 0 Å². The first-order valence-corrected chi connectivity index (χ1v) is 5.20. The topological polar surface area (TPSA) is 0 Å². The summed E-state index contributed by atoms with van der Waals surface area (Å²) in [5, 5.41) is 0. The van der Waals surface area contributed by atoms with E-state index in [1.165, 1.54) is 11.1 Å². The van der Waals surface area contributed by atoms with Crippen LogP contribution in [0, 0.1) is 5.92 Å². The molecular formula is C13H15F. The molecule has 0 aromatic carbocycles. The highest BCUT2D eigenvalue weighted by Gasteiger charge is 2.16. The number of hydrogen-bond donors (Lipinski definition) is 0. The lowest BCUT2D eigenvalue weighted by atomic mass is 9.84. The zero-order valence-corrected chi connectivity index (χ0v) is 8.46. The lowest BCUT2D eigenvalue weighted by Gasteiger charge is -2.21. The molecule has 0 spiro atoms. The third-order valence-corrected chi connectivity index (χ3v) is 2.87. The molecule has 2 aliphatic rings. The third-order valence-electron chi connectivity index (χ3n) is 2.87. The van der Waals surface area contributed by atoms with Gasteiger partial charge < -0.3 is 0 Å². The average Bonchev–Trinajstić information content (AvgIpc) is 2.18. The summed E-state index contributed by atoms with van der Waals surface area (Å²) in [7, 11) is 0. The van der Waals surface area contributed by atoms with Crippen LogP contribution in [0.2, 0.25) is 0 Å². The van der Waals surface area contributed by atoms with E-state index in [1.54, 1.807) is 12.2 Å². The molecule has 74 valence electrons. The Kier molecular flexibility index (Phi) is 2.67. The van der Waals surface area contributed by atoms with Crippen molar-refractivity contribution in [3.8, 4) is 0 Å². The lowest BCUT2D eigenvalue weighted by Crippen LogP contribution is -2.05. The number of allylic oxidation sites excluding steroid dienone is 8. The molecule has 0 nitrogen and oxygen atoms in total. The minimum atomic E-state index is -0.0751. The molecule has 14 heavy (non-hydrogen) atoms. The van der Waals surface area contributed by atoms with Gasteiger partial charge in [-0.3, -0.25) is 0 Å². The molecule has 0 amide bonds. The van der Waals surface area contributed by atoms with E-state index in [9.17, 15) is 4.39 Å². The normalized spacial score (nSPS) is 26.7. The van der Waals surface area contributed by atoms with Crippen LogP contribution in [0.3, 0.4) is 0 Å². The fourth-order valence-corrected chi connectivity index (χ4v) is 2.06. The van der Waals surface area contributed by atoms with Crippen molar-refractivity contribution in [2.24, 2.45) is 5.92 Å². The highest BCUT2D eigenvalue weighted by molar-refractivity contribution is 5.42. The quantitative estimate of drug-likeness (QED) is 0.584. The van der Waals surface area contributed by atoms with Gasteiger partial charge in [-0.15, -0.1) is 0 Å². The maximum atomic E-state index is 13.1. The molecule has 0 N–H and O–H groups in total. The van der Waals surface area contributed by atoms with Gasteiger partial charge in [-0.1, -0.05) is 25.2 Å². The van der Waals surface area contributed by atoms with Crippen LogP contribution in [-0.4, -0.2) is 0 Å². The number of hydrogen-bond acceptors (Lipinski definition) is 0. The van der Waals surface area contributed by atoms with Crippen LogP contribution in [0.4, 0.5) is 4.39 Å². The van der Waals surface area contributed by atoms with Crippen LogP contribution in [-0.2, 0) is 0 Å². The van der Waals surface area contributed by atoms with E-state index >= 15 is 0 Å². The highest BCUT2D eigenvalue weighted by Crippen LogP contribution is 2.32. The first-order valence-electron chi connectivity index (χ1n) is 5.20. The molecule has 0 fully saturated rings. The molecule has 1 atom stereocenters. The van der Waals surface area contributed by atoms with Crippen LogP contribution in [0.25, 0.3) is 0 Å². The Labute approximate surface area is 84.5 Å². The molecule has 0 heterocycles. The maximum absolute atomic E-state index is 13.1. The Bertz CT molecular complexity index is 342. The van der Waals surface area contributed by atoms with E-state index < -0.39 is 0 Å². The van der Waals surface area contributed by atoms with E-state index in [1.807, 2.05) is 0 Å². The molecule has 0 aromatic heterocycles. The first kappa shape index (κ1) is 9.45. The molecule has 0 saturated carbocycles. The SMILES string of the molecule is CC1CC=CC=C1C1=CC(F)=CCC1. The Balaban J connectivity index is 2.26. The highest BCUT2D eigenvalue weighted by atomic mass is 19.1. The van der Waals surface area contributed by atoms with Crippen molar-refractivity contribution in [2.75, 3.05) is 0 Å². The van der Waals surface area contributed by atoms with Crippen molar-refractivity contribution < 1.29 is 4.39 Å². The van der Waals surface area contributed by atoms with Gasteiger partial charge in [0, 0.05) is 0 Å². The summed E-state index contributed by atoms with van der Waals surface area (Å²) in [4.78, 5) is 0. The van der Waals surface area contributed by atoms with E-state index in [0.29, 0.717) is 5.92 Å². The third kappa shape index (κ3) is 1.87. The van der Waals surface area contributed by atoms with E-state index in [4.69, 9.17) is 0 Å². The molecule has 2 aliphatic carbocycles. The summed E-state index contributed by atoms with van der Waals surface area (Å²) in [6.07, 6.45) is 12.6. The summed E-state index contributed by atoms with van der Waals surface area (Å²) < 4.78 is 13.1. The van der Waals surface area contributed by atoms with Gasteiger partial charge in [0.05, 0.1) is 0 Å². The predicted molar refractivity (Wildman–Crippen MR) is 57.5 cm³/mol. The van der Waals surface area contributed by atoms with Crippen LogP contribution in [0.1, 0.15) is 26.2 Å². The summed E-state index contributed by atoms with van der Waals surface area (Å²) in [5.41, 5.74) is 2.50. The molecule has 0 bridgehead atoms. The smallest absolute Gasteiger partial charge is 0.119 e. The van der Waals surface area contributed by atoms with Crippen molar-refractivity contribution in [1.29, 1.82) is 0 Å². The summed E-state index contributed by atoms with van der Waals surface area (Å²) in [6.45, 7) is 2.20. The van der Waals surface area contributed by atoms with Gasteiger partial charge in [0.15, 0.2) is 0 Å². The standard InChI is InChI=1S/C13H15F/c1-10-5-2-3-8-13(10)11-6-4-7-12(14)9-11/h2-3,7-10H,4-6H2,1H3.